The molecule has 1 aliphatic carbocycles. The molecule has 4 aliphatic rings. The Bertz CT molecular complexity index is 2830. The number of H-pyrrole nitrogens is 1. The molecule has 3 aromatic heterocycles. The third kappa shape index (κ3) is 21.9. The molecule has 16 nitrogen and oxygen atoms in total. The lowest BCUT2D eigenvalue weighted by Crippen LogP contribution is -2.48. The molecule has 19 heteroatoms. The molecule has 3 aliphatic heterocycles. The van der Waals surface area contributed by atoms with Crippen molar-refractivity contribution >= 4 is 64.2 Å². The smallest absolute Gasteiger partial charge is 0.264 e. The van der Waals surface area contributed by atoms with E-state index in [1.165, 1.54) is 17.2 Å². The summed E-state index contributed by atoms with van der Waals surface area (Å²) in [5.41, 5.74) is 4.89. The van der Waals surface area contributed by atoms with Crippen LogP contribution in [0.4, 0.5) is 11.6 Å². The van der Waals surface area contributed by atoms with Gasteiger partial charge in [0.05, 0.1) is 0 Å². The van der Waals surface area contributed by atoms with Gasteiger partial charge in [-0.15, -0.1) is 20.4 Å². The monoisotopic (exact) mass is 1170 g/mol. The van der Waals surface area contributed by atoms with Gasteiger partial charge in [-0.25, -0.2) is 5.10 Å². The third-order valence-electron chi connectivity index (χ3n) is 14.2. The van der Waals surface area contributed by atoms with Crippen molar-refractivity contribution in [2.75, 3.05) is 49.1 Å². The minimum absolute atomic E-state index is 0. The summed E-state index contributed by atoms with van der Waals surface area (Å²) in [6, 6.07) is 26.2. The highest BCUT2D eigenvalue weighted by atomic mass is 35.5. The number of hydrogen-bond donors (Lipinski definition) is 5. The second-order valence-electron chi connectivity index (χ2n) is 23.6. The summed E-state index contributed by atoms with van der Waals surface area (Å²) in [7, 11) is 0. The molecule has 4 unspecified atom stereocenters. The maximum Gasteiger partial charge on any atom is 0.264 e. The molecule has 0 radical (unpaired) electrons. The average molecular weight is 1170 g/mol. The van der Waals surface area contributed by atoms with Gasteiger partial charge in [0.15, 0.2) is 21.3 Å². The number of amides is 3. The molecule has 0 bridgehead atoms. The molecule has 0 spiro atoms. The zero-order chi connectivity index (χ0) is 57.3. The summed E-state index contributed by atoms with van der Waals surface area (Å²) in [5.74, 6) is 2.01. The van der Waals surface area contributed by atoms with Gasteiger partial charge in [0.25, 0.3) is 23.3 Å². The molecule has 5 N–H and O–H groups in total. The minimum atomic E-state index is -0.208. The highest BCUT2D eigenvalue weighted by molar-refractivity contribution is 6.31. The molecular formula is C62H87Cl3N12O4. The number of aromatic amines is 1. The molecule has 5 aromatic rings. The van der Waals surface area contributed by atoms with E-state index in [0.29, 0.717) is 33.5 Å². The van der Waals surface area contributed by atoms with E-state index >= 15 is 0 Å². The summed E-state index contributed by atoms with van der Waals surface area (Å²) in [5, 5.41) is 35.3. The van der Waals surface area contributed by atoms with Crippen molar-refractivity contribution < 1.29 is 14.4 Å². The van der Waals surface area contributed by atoms with Crippen molar-refractivity contribution in [1.82, 2.24) is 51.9 Å². The van der Waals surface area contributed by atoms with E-state index < -0.39 is 0 Å². The van der Waals surface area contributed by atoms with Crippen molar-refractivity contribution in [2.24, 2.45) is 11.3 Å². The summed E-state index contributed by atoms with van der Waals surface area (Å²) >= 11 is 16.6. The number of carbonyl (C=O) groups is 3. The van der Waals surface area contributed by atoms with Crippen LogP contribution in [-0.2, 0) is 15.6 Å². The zero-order valence-corrected chi connectivity index (χ0v) is 49.5. The lowest BCUT2D eigenvalue weighted by atomic mass is 9.76. The Morgan fingerprint density at radius 2 is 1.02 bits per heavy atom. The van der Waals surface area contributed by atoms with Crippen molar-refractivity contribution in [3.63, 3.8) is 0 Å². The maximum atomic E-state index is 12.6. The predicted octanol–water partition coefficient (Wildman–Crippen LogP) is 11.8. The number of piperidine rings is 3. The van der Waals surface area contributed by atoms with Gasteiger partial charge in [-0.3, -0.25) is 19.2 Å². The first-order chi connectivity index (χ1) is 37.4. The van der Waals surface area contributed by atoms with Crippen LogP contribution >= 0.6 is 34.8 Å². The summed E-state index contributed by atoms with van der Waals surface area (Å²) in [6.45, 7) is 24.8. The van der Waals surface area contributed by atoms with Gasteiger partial charge in [-0.2, -0.15) is 5.10 Å². The Morgan fingerprint density at radius 1 is 0.568 bits per heavy atom. The molecule has 440 valence electrons. The van der Waals surface area contributed by atoms with Gasteiger partial charge in [0.1, 0.15) is 5.82 Å². The number of carbonyl (C=O) groups excluding carboxylic acids is 3. The first kappa shape index (κ1) is 67.3. The number of aromatic nitrogens is 6. The Morgan fingerprint density at radius 3 is 1.43 bits per heavy atom. The van der Waals surface area contributed by atoms with Crippen molar-refractivity contribution in [1.29, 1.82) is 0 Å². The normalized spacial score (nSPS) is 18.9. The van der Waals surface area contributed by atoms with Gasteiger partial charge in [0, 0.05) is 73.6 Å². The Balaban J connectivity index is 0.000000244. The fraction of sp³-hybridized carbons (Fsp3) is 0.500. The molecule has 2 aromatic carbocycles. The van der Waals surface area contributed by atoms with Gasteiger partial charge in [0.2, 0.25) is 0 Å². The largest absolute Gasteiger partial charge is 0.353 e. The molecule has 6 heterocycles. The number of hydrogen-bond acceptors (Lipinski definition) is 12. The van der Waals surface area contributed by atoms with Gasteiger partial charge < -0.3 is 31.1 Å². The Kier molecular flexibility index (Phi) is 26.0. The van der Waals surface area contributed by atoms with E-state index in [0.717, 1.165) is 100 Å². The van der Waals surface area contributed by atoms with Crippen molar-refractivity contribution in [3.8, 4) is 0 Å². The molecule has 9 rings (SSSR count). The summed E-state index contributed by atoms with van der Waals surface area (Å²) in [6.07, 6.45) is 13.2. The first-order valence-corrected chi connectivity index (χ1v) is 28.5. The summed E-state index contributed by atoms with van der Waals surface area (Å²) in [4.78, 5) is 52.7. The molecule has 3 fully saturated rings. The van der Waals surface area contributed by atoms with Crippen molar-refractivity contribution in [2.45, 2.75) is 151 Å². The van der Waals surface area contributed by atoms with E-state index in [9.17, 15) is 19.2 Å². The fourth-order valence-corrected chi connectivity index (χ4v) is 9.65. The lowest BCUT2D eigenvalue weighted by molar-refractivity contribution is -0.118. The number of allylic oxidation sites excluding steroid dienone is 2. The van der Waals surface area contributed by atoms with E-state index in [-0.39, 0.29) is 72.5 Å². The average Bonchev–Trinajstić information content (AvgIpc) is 3.43. The quantitative estimate of drug-likeness (QED) is 0.0985. The SMILES string of the molecule is C.C.CC(C)(C)C1C=CC(C(=O)NC2CCCN(c3ccc(=O)[nH]n3)C2)=CC1.CC(C)(C)c1ccc(C(=O)NC2CCCN(c3ccc(Cl)nn3)C2)cc1.CC(C)(C)c1ccc(C(=O)NC2CCCNC2)cc1.Clc1ccc(Cl)nn1. The number of rotatable bonds is 8. The van der Waals surface area contributed by atoms with Crippen LogP contribution in [0.25, 0.3) is 0 Å². The van der Waals surface area contributed by atoms with Gasteiger partial charge in [-0.1, -0.05) is 154 Å². The molecule has 3 amide bonds. The fourth-order valence-electron chi connectivity index (χ4n) is 9.35. The highest BCUT2D eigenvalue weighted by Gasteiger charge is 2.28. The second kappa shape index (κ2) is 31.3. The molecule has 81 heavy (non-hydrogen) atoms. The van der Waals surface area contributed by atoms with Crippen LogP contribution in [0.1, 0.15) is 154 Å². The van der Waals surface area contributed by atoms with Crippen LogP contribution in [0.5, 0.6) is 0 Å². The van der Waals surface area contributed by atoms with E-state index in [4.69, 9.17) is 34.8 Å². The van der Waals surface area contributed by atoms with Crippen LogP contribution in [-0.4, -0.2) is 106 Å². The standard InChI is InChI=1S/C20H25ClN4O.C20H28N4O2.C16H24N2O.C4H2Cl2N2.2CH4/c1-20(2,3)15-8-6-14(7-9-15)19(26)22-16-5-4-12-25(13-16)18-11-10-17(21)23-24-18;1-20(2,3)15-8-6-14(7-9-15)19(26)21-16-5-4-12-24(13-16)17-10-11-18(25)23-22-17;1-16(2,3)13-8-6-12(7-9-13)15(19)18-14-5-4-10-17-11-14;5-3-1-2-4(6)8-7-3;;/h6-11,16H,4-5,12-13H2,1-3H3,(H,22,26);6-8,10-11,15-16H,4-5,9,12-13H2,1-3H3,(H,21,26)(H,23,25);6-9,14,17H,4-5,10-11H2,1-3H3,(H,18,19);1-2H;2*1H4. The zero-order valence-electron chi connectivity index (χ0n) is 47.2. The van der Waals surface area contributed by atoms with E-state index in [1.54, 1.807) is 24.3 Å². The molecular weight excluding hydrogens is 1080 g/mol. The highest BCUT2D eigenvalue weighted by Crippen LogP contribution is 2.33. The maximum absolute atomic E-state index is 12.6. The Hall–Kier alpha value is -6.20. The second-order valence-corrected chi connectivity index (χ2v) is 24.7. The van der Waals surface area contributed by atoms with Crippen LogP contribution in [0.15, 0.2) is 114 Å². The van der Waals surface area contributed by atoms with Crippen LogP contribution < -0.4 is 36.6 Å². The van der Waals surface area contributed by atoms with Gasteiger partial charge in [-0.05, 0) is 139 Å². The van der Waals surface area contributed by atoms with Crippen LogP contribution in [0, 0.1) is 11.3 Å². The third-order valence-corrected chi connectivity index (χ3v) is 14.8. The van der Waals surface area contributed by atoms with E-state index in [2.05, 4.69) is 136 Å². The molecule has 3 saturated heterocycles. The number of halogens is 3. The molecule has 4 atom stereocenters. The van der Waals surface area contributed by atoms with Crippen LogP contribution in [0.3, 0.4) is 0 Å². The van der Waals surface area contributed by atoms with Crippen LogP contribution in [0.2, 0.25) is 15.5 Å². The topological polar surface area (TPSA) is 203 Å². The first-order valence-electron chi connectivity index (χ1n) is 27.3. The van der Waals surface area contributed by atoms with E-state index in [1.807, 2.05) is 60.7 Å². The number of anilines is 2. The number of nitrogens with one attached hydrogen (secondary N) is 5. The van der Waals surface area contributed by atoms with Crippen molar-refractivity contribution in [3.05, 3.63) is 157 Å². The Labute approximate surface area is 496 Å². The predicted molar refractivity (Wildman–Crippen MR) is 332 cm³/mol. The number of benzene rings is 2. The lowest BCUT2D eigenvalue weighted by Gasteiger charge is -2.34. The van der Waals surface area contributed by atoms with Gasteiger partial charge >= 0.3 is 0 Å². The molecule has 0 saturated carbocycles. The summed E-state index contributed by atoms with van der Waals surface area (Å²) < 4.78 is 0. The number of nitrogens with zero attached hydrogens (tertiary/aromatic N) is 7. The minimum Gasteiger partial charge on any atom is -0.353 e.